The van der Waals surface area contributed by atoms with E-state index >= 15 is 0 Å². The van der Waals surface area contributed by atoms with Crippen LogP contribution in [0.15, 0.2) is 79.0 Å². The first-order chi connectivity index (χ1) is 18.1. The number of methoxy groups -OCH3 is 1. The number of anilines is 1. The van der Waals surface area contributed by atoms with Crippen LogP contribution in [0.1, 0.15) is 36.8 Å². The lowest BCUT2D eigenvalue weighted by molar-refractivity contribution is -0.384. The number of carbonyl (C=O) groups excluding carboxylic acids is 1. The number of non-ortho nitro benzene ring substituents is 1. The van der Waals surface area contributed by atoms with Gasteiger partial charge in [-0.05, 0) is 41.3 Å². The number of benzene rings is 3. The second-order valence-electron chi connectivity index (χ2n) is 9.47. The first-order valence-electron chi connectivity index (χ1n) is 11.8. The van der Waals surface area contributed by atoms with Crippen molar-refractivity contribution >= 4 is 17.3 Å². The summed E-state index contributed by atoms with van der Waals surface area (Å²) >= 11 is 0. The number of ether oxygens (including phenoxy) is 3. The number of aromatic nitrogens is 2. The Morgan fingerprint density at radius 2 is 1.71 bits per heavy atom. The molecule has 0 spiro atoms. The summed E-state index contributed by atoms with van der Waals surface area (Å²) in [5.41, 5.74) is 1.29. The molecule has 4 rings (SSSR count). The summed E-state index contributed by atoms with van der Waals surface area (Å²) in [4.78, 5) is 23.7. The monoisotopic (exact) mass is 516 g/mol. The van der Waals surface area contributed by atoms with Crippen LogP contribution < -0.4 is 19.5 Å². The molecule has 0 saturated carbocycles. The van der Waals surface area contributed by atoms with E-state index in [4.69, 9.17) is 14.2 Å². The molecule has 1 amide bonds. The smallest absolute Gasteiger partial charge is 0.276 e. The molecule has 0 unspecified atom stereocenters. The highest BCUT2D eigenvalue weighted by molar-refractivity contribution is 6.03. The number of nitro groups is 1. The molecular weight excluding hydrogens is 488 g/mol. The molecule has 0 aliphatic rings. The van der Waals surface area contributed by atoms with Crippen LogP contribution in [-0.4, -0.2) is 27.7 Å². The first-order valence-corrected chi connectivity index (χ1v) is 11.8. The van der Waals surface area contributed by atoms with E-state index in [0.29, 0.717) is 17.2 Å². The van der Waals surface area contributed by atoms with E-state index in [1.165, 1.54) is 41.6 Å². The Bertz CT molecular complexity index is 1440. The zero-order valence-corrected chi connectivity index (χ0v) is 21.5. The van der Waals surface area contributed by atoms with Crippen LogP contribution in [0.3, 0.4) is 0 Å². The number of nitrogens with one attached hydrogen (secondary N) is 1. The van der Waals surface area contributed by atoms with E-state index in [9.17, 15) is 14.9 Å². The fraction of sp³-hybridized carbons (Fsp3) is 0.214. The molecular formula is C28H28N4O6. The average Bonchev–Trinajstić information content (AvgIpc) is 3.37. The van der Waals surface area contributed by atoms with Crippen molar-refractivity contribution in [2.75, 3.05) is 12.4 Å². The van der Waals surface area contributed by atoms with Crippen molar-refractivity contribution in [2.45, 2.75) is 32.9 Å². The third-order valence-electron chi connectivity index (χ3n) is 5.61. The average molecular weight is 517 g/mol. The van der Waals surface area contributed by atoms with E-state index in [1.54, 1.807) is 30.5 Å². The topological polar surface area (TPSA) is 118 Å². The van der Waals surface area contributed by atoms with Crippen molar-refractivity contribution in [3.05, 3.63) is 100 Å². The van der Waals surface area contributed by atoms with Crippen molar-refractivity contribution in [3.8, 4) is 23.0 Å². The molecule has 0 aliphatic carbocycles. The standard InChI is InChI=1S/C28H28N4O6/c1-28(2,3)19-9-11-22(12-10-19)37-18-31-14-13-24(30-31)27(33)29-20-15-21(32(34)35)17-23(16-20)38-26-8-6-5-7-25(26)36-4/h5-17H,18H2,1-4H3,(H,29,33). The first kappa shape index (κ1) is 26.2. The number of para-hydroxylation sites is 2. The molecule has 0 atom stereocenters. The molecule has 10 nitrogen and oxygen atoms in total. The highest BCUT2D eigenvalue weighted by Gasteiger charge is 2.17. The summed E-state index contributed by atoms with van der Waals surface area (Å²) in [5, 5.41) is 18.4. The Labute approximate surface area is 219 Å². The van der Waals surface area contributed by atoms with Crippen molar-refractivity contribution < 1.29 is 23.9 Å². The predicted octanol–water partition coefficient (Wildman–Crippen LogP) is 6.18. The van der Waals surface area contributed by atoms with Gasteiger partial charge < -0.3 is 19.5 Å². The molecule has 10 heteroatoms. The fourth-order valence-electron chi connectivity index (χ4n) is 3.59. The van der Waals surface area contributed by atoms with E-state index in [2.05, 4.69) is 31.2 Å². The molecule has 1 heterocycles. The maximum Gasteiger partial charge on any atom is 0.276 e. The van der Waals surface area contributed by atoms with Crippen LogP contribution in [0.4, 0.5) is 11.4 Å². The van der Waals surface area contributed by atoms with Gasteiger partial charge >= 0.3 is 0 Å². The lowest BCUT2D eigenvalue weighted by Gasteiger charge is -2.19. The van der Waals surface area contributed by atoms with Crippen molar-refractivity contribution in [3.63, 3.8) is 0 Å². The minimum atomic E-state index is -0.565. The molecule has 196 valence electrons. The highest BCUT2D eigenvalue weighted by atomic mass is 16.6. The van der Waals surface area contributed by atoms with Gasteiger partial charge in [-0.15, -0.1) is 0 Å². The lowest BCUT2D eigenvalue weighted by Crippen LogP contribution is -2.14. The highest BCUT2D eigenvalue weighted by Crippen LogP contribution is 2.34. The number of nitro benzene ring substituents is 1. The van der Waals surface area contributed by atoms with Crippen LogP contribution in [0.5, 0.6) is 23.0 Å². The van der Waals surface area contributed by atoms with E-state index < -0.39 is 10.8 Å². The normalized spacial score (nSPS) is 11.1. The molecule has 1 aromatic heterocycles. The molecule has 1 N–H and O–H groups in total. The van der Waals surface area contributed by atoms with Crippen LogP contribution in [0.25, 0.3) is 0 Å². The Balaban J connectivity index is 1.44. The minimum Gasteiger partial charge on any atom is -0.493 e. The quantitative estimate of drug-likeness (QED) is 0.208. The molecule has 0 radical (unpaired) electrons. The van der Waals surface area contributed by atoms with Crippen LogP contribution in [-0.2, 0) is 12.1 Å². The Morgan fingerprint density at radius 3 is 2.37 bits per heavy atom. The number of hydrogen-bond donors (Lipinski definition) is 1. The SMILES string of the molecule is COc1ccccc1Oc1cc(NC(=O)c2ccn(COc3ccc(C(C)(C)C)cc3)n2)cc([N+](=O)[O-])c1. The van der Waals surface area contributed by atoms with Gasteiger partial charge in [-0.25, -0.2) is 4.68 Å². The Hall–Kier alpha value is -4.86. The molecule has 0 saturated heterocycles. The van der Waals surface area contributed by atoms with Crippen LogP contribution >= 0.6 is 0 Å². The van der Waals surface area contributed by atoms with E-state index in [1.807, 2.05) is 24.3 Å². The zero-order valence-electron chi connectivity index (χ0n) is 21.5. The zero-order chi connectivity index (χ0) is 27.3. The van der Waals surface area contributed by atoms with Gasteiger partial charge in [0.25, 0.3) is 11.6 Å². The minimum absolute atomic E-state index is 0.0449. The summed E-state index contributed by atoms with van der Waals surface area (Å²) in [5.74, 6) is 1.14. The van der Waals surface area contributed by atoms with Crippen LogP contribution in [0, 0.1) is 10.1 Å². The molecule has 0 fully saturated rings. The van der Waals surface area contributed by atoms with Gasteiger partial charge in [0.15, 0.2) is 23.9 Å². The third-order valence-corrected chi connectivity index (χ3v) is 5.61. The van der Waals surface area contributed by atoms with Crippen molar-refractivity contribution in [2.24, 2.45) is 0 Å². The number of nitrogens with zero attached hydrogens (tertiary/aromatic N) is 3. The molecule has 0 aliphatic heterocycles. The summed E-state index contributed by atoms with van der Waals surface area (Å²) in [7, 11) is 1.49. The van der Waals surface area contributed by atoms with Crippen molar-refractivity contribution in [1.82, 2.24) is 9.78 Å². The van der Waals surface area contributed by atoms with Gasteiger partial charge in [0, 0.05) is 18.3 Å². The molecule has 3 aromatic carbocycles. The van der Waals surface area contributed by atoms with Gasteiger partial charge in [-0.1, -0.05) is 45.0 Å². The number of carbonyl (C=O) groups is 1. The Kier molecular flexibility index (Phi) is 7.61. The molecule has 4 aromatic rings. The molecule has 38 heavy (non-hydrogen) atoms. The maximum absolute atomic E-state index is 12.8. The summed E-state index contributed by atoms with van der Waals surface area (Å²) < 4.78 is 18.3. The second kappa shape index (κ2) is 11.0. The molecule has 0 bridgehead atoms. The van der Waals surface area contributed by atoms with Crippen LogP contribution in [0.2, 0.25) is 0 Å². The Morgan fingerprint density at radius 1 is 1.00 bits per heavy atom. The second-order valence-corrected chi connectivity index (χ2v) is 9.47. The van der Waals surface area contributed by atoms with Gasteiger partial charge in [-0.3, -0.25) is 14.9 Å². The predicted molar refractivity (Wildman–Crippen MR) is 142 cm³/mol. The summed E-state index contributed by atoms with van der Waals surface area (Å²) in [6, 6.07) is 20.2. The van der Waals surface area contributed by atoms with E-state index in [-0.39, 0.29) is 35.0 Å². The number of hydrogen-bond acceptors (Lipinski definition) is 7. The number of rotatable bonds is 9. The lowest BCUT2D eigenvalue weighted by atomic mass is 9.87. The maximum atomic E-state index is 12.8. The largest absolute Gasteiger partial charge is 0.493 e. The van der Waals surface area contributed by atoms with Crippen molar-refractivity contribution in [1.29, 1.82) is 0 Å². The van der Waals surface area contributed by atoms with Gasteiger partial charge in [0.05, 0.1) is 23.8 Å². The fourth-order valence-corrected chi connectivity index (χ4v) is 3.59. The van der Waals surface area contributed by atoms with Gasteiger partial charge in [0.2, 0.25) is 0 Å². The van der Waals surface area contributed by atoms with E-state index in [0.717, 1.165) is 0 Å². The van der Waals surface area contributed by atoms with Gasteiger partial charge in [0.1, 0.15) is 11.5 Å². The summed E-state index contributed by atoms with van der Waals surface area (Å²) in [6.45, 7) is 6.53. The third kappa shape index (κ3) is 6.47. The van der Waals surface area contributed by atoms with Gasteiger partial charge in [-0.2, -0.15) is 5.10 Å². The number of amides is 1. The summed E-state index contributed by atoms with van der Waals surface area (Å²) in [6.07, 6.45) is 1.61.